The van der Waals surface area contributed by atoms with Gasteiger partial charge in [0.15, 0.2) is 0 Å². The molecule has 1 aromatic rings. The zero-order chi connectivity index (χ0) is 10.8. The van der Waals surface area contributed by atoms with Crippen LogP contribution in [0.5, 0.6) is 0 Å². The lowest BCUT2D eigenvalue weighted by molar-refractivity contribution is 0.602. The SMILES string of the molecule is CCS(=O)(=O)Nc1cccc(F)c1Br. The maximum atomic E-state index is 13.0. The zero-order valence-corrected chi connectivity index (χ0v) is 9.82. The molecule has 0 fully saturated rings. The summed E-state index contributed by atoms with van der Waals surface area (Å²) in [6, 6.07) is 4.17. The fourth-order valence-corrected chi connectivity index (χ4v) is 1.97. The first-order valence-corrected chi connectivity index (χ1v) is 6.35. The number of nitrogens with one attached hydrogen (secondary N) is 1. The van der Waals surface area contributed by atoms with Crippen molar-refractivity contribution >= 4 is 31.6 Å². The quantitative estimate of drug-likeness (QED) is 0.925. The van der Waals surface area contributed by atoms with Gasteiger partial charge in [-0.15, -0.1) is 0 Å². The first kappa shape index (κ1) is 11.5. The molecule has 0 saturated carbocycles. The highest BCUT2D eigenvalue weighted by atomic mass is 79.9. The van der Waals surface area contributed by atoms with Gasteiger partial charge in [0.25, 0.3) is 0 Å². The van der Waals surface area contributed by atoms with Crippen LogP contribution in [-0.4, -0.2) is 14.2 Å². The number of hydrogen-bond donors (Lipinski definition) is 1. The molecule has 1 rings (SSSR count). The van der Waals surface area contributed by atoms with E-state index in [9.17, 15) is 12.8 Å². The predicted molar refractivity (Wildman–Crippen MR) is 57.2 cm³/mol. The first-order valence-electron chi connectivity index (χ1n) is 3.91. The molecule has 0 aliphatic heterocycles. The molecule has 78 valence electrons. The topological polar surface area (TPSA) is 46.2 Å². The summed E-state index contributed by atoms with van der Waals surface area (Å²) in [7, 11) is -3.36. The molecule has 0 atom stereocenters. The minimum Gasteiger partial charge on any atom is -0.282 e. The van der Waals surface area contributed by atoms with Crippen LogP contribution >= 0.6 is 15.9 Å². The van der Waals surface area contributed by atoms with E-state index in [1.807, 2.05) is 0 Å². The normalized spacial score (nSPS) is 11.4. The lowest BCUT2D eigenvalue weighted by atomic mass is 10.3. The molecule has 0 spiro atoms. The third kappa shape index (κ3) is 2.68. The number of benzene rings is 1. The Balaban J connectivity index is 3.05. The summed E-state index contributed by atoms with van der Waals surface area (Å²) < 4.78 is 37.7. The monoisotopic (exact) mass is 281 g/mol. The Labute approximate surface area is 90.5 Å². The molecule has 14 heavy (non-hydrogen) atoms. The van der Waals surface area contributed by atoms with E-state index in [-0.39, 0.29) is 15.9 Å². The van der Waals surface area contributed by atoms with Gasteiger partial charge in [0.05, 0.1) is 15.9 Å². The van der Waals surface area contributed by atoms with Gasteiger partial charge in [0.1, 0.15) is 5.82 Å². The Bertz CT molecular complexity index is 433. The second kappa shape index (κ2) is 4.27. The van der Waals surface area contributed by atoms with E-state index in [0.29, 0.717) is 0 Å². The minimum absolute atomic E-state index is 0.0457. The molecule has 0 heterocycles. The van der Waals surface area contributed by atoms with E-state index in [4.69, 9.17) is 0 Å². The molecule has 0 saturated heterocycles. The van der Waals surface area contributed by atoms with Gasteiger partial charge in [-0.1, -0.05) is 6.07 Å². The van der Waals surface area contributed by atoms with Crippen molar-refractivity contribution in [3.63, 3.8) is 0 Å². The average Bonchev–Trinajstić information content (AvgIpc) is 2.13. The molecule has 1 aromatic carbocycles. The van der Waals surface area contributed by atoms with E-state index < -0.39 is 15.8 Å². The van der Waals surface area contributed by atoms with Crippen molar-refractivity contribution in [1.82, 2.24) is 0 Å². The highest BCUT2D eigenvalue weighted by Crippen LogP contribution is 2.25. The molecule has 0 aliphatic rings. The molecular formula is C8H9BrFNO2S. The third-order valence-electron chi connectivity index (χ3n) is 1.60. The minimum atomic E-state index is -3.36. The molecule has 6 heteroatoms. The number of halogens is 2. The number of hydrogen-bond acceptors (Lipinski definition) is 2. The predicted octanol–water partition coefficient (Wildman–Crippen LogP) is 2.35. The van der Waals surface area contributed by atoms with Crippen molar-refractivity contribution in [3.8, 4) is 0 Å². The van der Waals surface area contributed by atoms with Crippen LogP contribution in [0.25, 0.3) is 0 Å². The lowest BCUT2D eigenvalue weighted by Gasteiger charge is -2.07. The summed E-state index contributed by atoms with van der Waals surface area (Å²) in [6.45, 7) is 1.51. The van der Waals surface area contributed by atoms with Gasteiger partial charge in [-0.05, 0) is 35.0 Å². The first-order chi connectivity index (χ1) is 6.46. The van der Waals surface area contributed by atoms with Gasteiger partial charge in [-0.3, -0.25) is 4.72 Å². The summed E-state index contributed by atoms with van der Waals surface area (Å²) >= 11 is 2.96. The van der Waals surface area contributed by atoms with Gasteiger partial charge in [0.2, 0.25) is 10.0 Å². The highest BCUT2D eigenvalue weighted by Gasteiger charge is 2.11. The Morgan fingerprint density at radius 2 is 2.14 bits per heavy atom. The van der Waals surface area contributed by atoms with E-state index in [1.54, 1.807) is 0 Å². The second-order valence-corrected chi connectivity index (χ2v) is 5.41. The van der Waals surface area contributed by atoms with E-state index in [2.05, 4.69) is 20.7 Å². The molecule has 1 N–H and O–H groups in total. The second-order valence-electron chi connectivity index (χ2n) is 2.61. The number of rotatable bonds is 3. The maximum absolute atomic E-state index is 13.0. The molecular weight excluding hydrogens is 273 g/mol. The van der Waals surface area contributed by atoms with Crippen LogP contribution in [0.2, 0.25) is 0 Å². The Morgan fingerprint density at radius 3 is 2.71 bits per heavy atom. The van der Waals surface area contributed by atoms with Crippen molar-refractivity contribution in [2.75, 3.05) is 10.5 Å². The van der Waals surface area contributed by atoms with Crippen molar-refractivity contribution in [1.29, 1.82) is 0 Å². The van der Waals surface area contributed by atoms with Crippen molar-refractivity contribution < 1.29 is 12.8 Å². The Hall–Kier alpha value is -0.620. The standard InChI is InChI=1S/C8H9BrFNO2S/c1-2-14(12,13)11-7-5-3-4-6(10)8(7)9/h3-5,11H,2H2,1H3. The van der Waals surface area contributed by atoms with Gasteiger partial charge in [-0.2, -0.15) is 0 Å². The fourth-order valence-electron chi connectivity index (χ4n) is 0.822. The molecule has 3 nitrogen and oxygen atoms in total. The van der Waals surface area contributed by atoms with E-state index in [0.717, 1.165) is 0 Å². The average molecular weight is 282 g/mol. The van der Waals surface area contributed by atoms with Gasteiger partial charge in [0, 0.05) is 0 Å². The van der Waals surface area contributed by atoms with Gasteiger partial charge in [-0.25, -0.2) is 12.8 Å². The highest BCUT2D eigenvalue weighted by molar-refractivity contribution is 9.10. The molecule has 0 unspecified atom stereocenters. The van der Waals surface area contributed by atoms with E-state index >= 15 is 0 Å². The van der Waals surface area contributed by atoms with Gasteiger partial charge >= 0.3 is 0 Å². The Morgan fingerprint density at radius 1 is 1.50 bits per heavy atom. The summed E-state index contributed by atoms with van der Waals surface area (Å²) in [6.07, 6.45) is 0. The number of anilines is 1. The zero-order valence-electron chi connectivity index (χ0n) is 7.42. The molecule has 0 aromatic heterocycles. The lowest BCUT2D eigenvalue weighted by Crippen LogP contribution is -2.15. The van der Waals surface area contributed by atoms with Crippen molar-refractivity contribution in [2.45, 2.75) is 6.92 Å². The van der Waals surface area contributed by atoms with Crippen LogP contribution in [0.15, 0.2) is 22.7 Å². The molecule has 0 radical (unpaired) electrons. The van der Waals surface area contributed by atoms with Crippen LogP contribution in [0.4, 0.5) is 10.1 Å². The van der Waals surface area contributed by atoms with Crippen LogP contribution < -0.4 is 4.72 Å². The largest absolute Gasteiger partial charge is 0.282 e. The Kier molecular flexibility index (Phi) is 3.49. The van der Waals surface area contributed by atoms with Gasteiger partial charge < -0.3 is 0 Å². The molecule has 0 aliphatic carbocycles. The van der Waals surface area contributed by atoms with Crippen LogP contribution in [0, 0.1) is 5.82 Å². The fraction of sp³-hybridized carbons (Fsp3) is 0.250. The molecule has 0 amide bonds. The maximum Gasteiger partial charge on any atom is 0.232 e. The van der Waals surface area contributed by atoms with Crippen LogP contribution in [0.3, 0.4) is 0 Å². The summed E-state index contributed by atoms with van der Waals surface area (Å²) in [4.78, 5) is 0. The number of sulfonamides is 1. The smallest absolute Gasteiger partial charge is 0.232 e. The van der Waals surface area contributed by atoms with E-state index in [1.165, 1.54) is 25.1 Å². The molecule has 0 bridgehead atoms. The summed E-state index contributed by atoms with van der Waals surface area (Å²) in [5.74, 6) is -0.544. The van der Waals surface area contributed by atoms with Crippen LogP contribution in [0.1, 0.15) is 6.92 Å². The van der Waals surface area contributed by atoms with Crippen molar-refractivity contribution in [2.24, 2.45) is 0 Å². The summed E-state index contributed by atoms with van der Waals surface area (Å²) in [5.41, 5.74) is 0.215. The summed E-state index contributed by atoms with van der Waals surface area (Å²) in [5, 5.41) is 0. The third-order valence-corrected chi connectivity index (χ3v) is 3.69. The van der Waals surface area contributed by atoms with Crippen molar-refractivity contribution in [3.05, 3.63) is 28.5 Å². The van der Waals surface area contributed by atoms with Crippen LogP contribution in [-0.2, 0) is 10.0 Å².